The number of carbonyl (C=O) groups excluding carboxylic acids is 1. The van der Waals surface area contributed by atoms with E-state index in [0.717, 1.165) is 31.2 Å². The molecule has 5 heteroatoms. The fourth-order valence-electron chi connectivity index (χ4n) is 2.99. The number of benzene rings is 1. The summed E-state index contributed by atoms with van der Waals surface area (Å²) in [6, 6.07) is 7.69. The quantitative estimate of drug-likeness (QED) is 0.932. The number of aryl methyl sites for hydroxylation is 1. The molecule has 0 aliphatic heterocycles. The smallest absolute Gasteiger partial charge is 0.249 e. The SMILES string of the molecule is Cc1ccc(-c2noc([C@@H](C)NC(=O)C3CCCCC3)n2)cc1. The van der Waals surface area contributed by atoms with E-state index < -0.39 is 0 Å². The van der Waals surface area contributed by atoms with Gasteiger partial charge < -0.3 is 9.84 Å². The average molecular weight is 313 g/mol. The molecule has 1 atom stereocenters. The fourth-order valence-corrected chi connectivity index (χ4v) is 2.99. The molecule has 1 heterocycles. The van der Waals surface area contributed by atoms with Crippen molar-refractivity contribution in [3.8, 4) is 11.4 Å². The normalized spacial score (nSPS) is 17.0. The fraction of sp³-hybridized carbons (Fsp3) is 0.500. The molecule has 2 aromatic rings. The zero-order valence-electron chi connectivity index (χ0n) is 13.7. The van der Waals surface area contributed by atoms with Crippen molar-refractivity contribution in [3.63, 3.8) is 0 Å². The summed E-state index contributed by atoms with van der Waals surface area (Å²) >= 11 is 0. The standard InChI is InChI=1S/C18H23N3O2/c1-12-8-10-14(11-9-12)16-20-18(23-21-16)13(2)19-17(22)15-6-4-3-5-7-15/h8-11,13,15H,3-7H2,1-2H3,(H,19,22)/t13-/m1/s1. The van der Waals surface area contributed by atoms with E-state index in [2.05, 4.69) is 15.5 Å². The predicted molar refractivity (Wildman–Crippen MR) is 87.6 cm³/mol. The van der Waals surface area contributed by atoms with Crippen LogP contribution in [0.5, 0.6) is 0 Å². The first-order chi connectivity index (χ1) is 11.1. The number of carbonyl (C=O) groups is 1. The van der Waals surface area contributed by atoms with E-state index in [0.29, 0.717) is 11.7 Å². The second-order valence-corrected chi connectivity index (χ2v) is 6.39. The Morgan fingerprint density at radius 3 is 2.61 bits per heavy atom. The van der Waals surface area contributed by atoms with Crippen molar-refractivity contribution >= 4 is 5.91 Å². The summed E-state index contributed by atoms with van der Waals surface area (Å²) in [4.78, 5) is 16.7. The number of nitrogens with one attached hydrogen (secondary N) is 1. The first kappa shape index (κ1) is 15.7. The molecule has 1 aromatic heterocycles. The number of hydrogen-bond donors (Lipinski definition) is 1. The van der Waals surface area contributed by atoms with Crippen LogP contribution in [-0.4, -0.2) is 16.0 Å². The third-order valence-electron chi connectivity index (χ3n) is 4.46. The Labute approximate surface area is 136 Å². The van der Waals surface area contributed by atoms with Gasteiger partial charge in [0.05, 0.1) is 0 Å². The lowest BCUT2D eigenvalue weighted by Crippen LogP contribution is -2.33. The van der Waals surface area contributed by atoms with Crippen LogP contribution in [0.15, 0.2) is 28.8 Å². The lowest BCUT2D eigenvalue weighted by atomic mass is 9.88. The van der Waals surface area contributed by atoms with Gasteiger partial charge in [0.2, 0.25) is 17.6 Å². The molecule has 23 heavy (non-hydrogen) atoms. The summed E-state index contributed by atoms with van der Waals surface area (Å²) < 4.78 is 5.32. The van der Waals surface area contributed by atoms with E-state index >= 15 is 0 Å². The number of amides is 1. The zero-order chi connectivity index (χ0) is 16.2. The largest absolute Gasteiger partial charge is 0.344 e. The van der Waals surface area contributed by atoms with Crippen molar-refractivity contribution in [3.05, 3.63) is 35.7 Å². The van der Waals surface area contributed by atoms with Gasteiger partial charge in [-0.25, -0.2) is 0 Å². The van der Waals surface area contributed by atoms with Gasteiger partial charge in [-0.2, -0.15) is 4.98 Å². The molecule has 0 spiro atoms. The Morgan fingerprint density at radius 1 is 1.22 bits per heavy atom. The molecule has 1 aliphatic carbocycles. The van der Waals surface area contributed by atoms with E-state index in [1.54, 1.807) is 0 Å². The van der Waals surface area contributed by atoms with Crippen LogP contribution in [-0.2, 0) is 4.79 Å². The van der Waals surface area contributed by atoms with E-state index in [9.17, 15) is 4.79 Å². The maximum absolute atomic E-state index is 12.3. The van der Waals surface area contributed by atoms with Gasteiger partial charge in [-0.05, 0) is 26.7 Å². The molecule has 0 saturated heterocycles. The van der Waals surface area contributed by atoms with Gasteiger partial charge >= 0.3 is 0 Å². The van der Waals surface area contributed by atoms with Crippen molar-refractivity contribution in [1.29, 1.82) is 0 Å². The minimum atomic E-state index is -0.267. The van der Waals surface area contributed by atoms with Crippen molar-refractivity contribution < 1.29 is 9.32 Å². The summed E-state index contributed by atoms with van der Waals surface area (Å²) in [5.74, 6) is 1.24. The highest BCUT2D eigenvalue weighted by Crippen LogP contribution is 2.25. The number of aromatic nitrogens is 2. The second kappa shape index (κ2) is 6.94. The lowest BCUT2D eigenvalue weighted by Gasteiger charge is -2.22. The molecule has 1 saturated carbocycles. The second-order valence-electron chi connectivity index (χ2n) is 6.39. The Bertz CT molecular complexity index is 657. The van der Waals surface area contributed by atoms with Crippen LogP contribution in [0.1, 0.15) is 56.5 Å². The van der Waals surface area contributed by atoms with Crippen LogP contribution < -0.4 is 5.32 Å². The van der Waals surface area contributed by atoms with Gasteiger partial charge in [-0.3, -0.25) is 4.79 Å². The van der Waals surface area contributed by atoms with Gasteiger partial charge in [-0.1, -0.05) is 54.2 Å². The molecule has 1 aromatic carbocycles. The van der Waals surface area contributed by atoms with E-state index in [4.69, 9.17) is 4.52 Å². The number of nitrogens with zero attached hydrogens (tertiary/aromatic N) is 2. The van der Waals surface area contributed by atoms with Gasteiger partial charge in [-0.15, -0.1) is 0 Å². The van der Waals surface area contributed by atoms with Gasteiger partial charge in [0.25, 0.3) is 0 Å². The molecule has 0 bridgehead atoms. The maximum atomic E-state index is 12.3. The zero-order valence-corrected chi connectivity index (χ0v) is 13.7. The minimum Gasteiger partial charge on any atom is -0.344 e. The molecule has 1 aliphatic rings. The molecule has 3 rings (SSSR count). The summed E-state index contributed by atoms with van der Waals surface area (Å²) in [6.07, 6.45) is 5.49. The Balaban J connectivity index is 1.64. The van der Waals surface area contributed by atoms with Crippen molar-refractivity contribution in [2.75, 3.05) is 0 Å². The third kappa shape index (κ3) is 3.78. The van der Waals surface area contributed by atoms with Gasteiger partial charge in [0, 0.05) is 11.5 Å². The first-order valence-electron chi connectivity index (χ1n) is 8.34. The topological polar surface area (TPSA) is 68.0 Å². The molecular weight excluding hydrogens is 290 g/mol. The summed E-state index contributed by atoms with van der Waals surface area (Å²) in [7, 11) is 0. The van der Waals surface area contributed by atoms with E-state index in [1.807, 2.05) is 38.1 Å². The van der Waals surface area contributed by atoms with Gasteiger partial charge in [0.1, 0.15) is 6.04 Å². The summed E-state index contributed by atoms with van der Waals surface area (Å²) in [5, 5.41) is 7.02. The molecule has 0 radical (unpaired) electrons. The lowest BCUT2D eigenvalue weighted by molar-refractivity contribution is -0.126. The predicted octanol–water partition coefficient (Wildman–Crippen LogP) is 3.80. The highest BCUT2D eigenvalue weighted by molar-refractivity contribution is 5.79. The molecule has 0 unspecified atom stereocenters. The van der Waals surface area contributed by atoms with Crippen LogP contribution in [0.3, 0.4) is 0 Å². The molecule has 1 amide bonds. The highest BCUT2D eigenvalue weighted by Gasteiger charge is 2.24. The summed E-state index contributed by atoms with van der Waals surface area (Å²) in [5.41, 5.74) is 2.10. The van der Waals surface area contributed by atoms with Crippen LogP contribution in [0.25, 0.3) is 11.4 Å². The van der Waals surface area contributed by atoms with Crippen LogP contribution in [0, 0.1) is 12.8 Å². The Morgan fingerprint density at radius 2 is 1.91 bits per heavy atom. The molecular formula is C18H23N3O2. The van der Waals surface area contributed by atoms with Crippen molar-refractivity contribution in [2.24, 2.45) is 5.92 Å². The highest BCUT2D eigenvalue weighted by atomic mass is 16.5. The van der Waals surface area contributed by atoms with E-state index in [1.165, 1.54) is 12.0 Å². The van der Waals surface area contributed by atoms with Crippen LogP contribution in [0.2, 0.25) is 0 Å². The monoisotopic (exact) mass is 313 g/mol. The first-order valence-corrected chi connectivity index (χ1v) is 8.34. The van der Waals surface area contributed by atoms with E-state index in [-0.39, 0.29) is 17.9 Å². The van der Waals surface area contributed by atoms with Crippen molar-refractivity contribution in [2.45, 2.75) is 52.0 Å². The van der Waals surface area contributed by atoms with Crippen LogP contribution >= 0.6 is 0 Å². The van der Waals surface area contributed by atoms with Crippen molar-refractivity contribution in [1.82, 2.24) is 15.5 Å². The molecule has 1 N–H and O–H groups in total. The minimum absolute atomic E-state index is 0.104. The summed E-state index contributed by atoms with van der Waals surface area (Å²) in [6.45, 7) is 3.92. The van der Waals surface area contributed by atoms with Crippen LogP contribution in [0.4, 0.5) is 0 Å². The maximum Gasteiger partial charge on any atom is 0.249 e. The molecule has 122 valence electrons. The number of hydrogen-bond acceptors (Lipinski definition) is 4. The molecule has 1 fully saturated rings. The van der Waals surface area contributed by atoms with Gasteiger partial charge in [0.15, 0.2) is 0 Å². The third-order valence-corrected chi connectivity index (χ3v) is 4.46. The molecule has 5 nitrogen and oxygen atoms in total. The number of rotatable bonds is 4. The Kier molecular flexibility index (Phi) is 4.74. The average Bonchev–Trinajstić information content (AvgIpc) is 3.06. The Hall–Kier alpha value is -2.17.